The monoisotopic (exact) mass is 147 g/mol. The summed E-state index contributed by atoms with van der Waals surface area (Å²) in [5, 5.41) is 0. The van der Waals surface area contributed by atoms with Crippen molar-refractivity contribution in [1.29, 1.82) is 0 Å². The molecule has 0 fully saturated rings. The molecule has 0 aromatic heterocycles. The number of thiocarbonyl (C=S) groups is 1. The Kier molecular flexibility index (Phi) is 3.96. The van der Waals surface area contributed by atoms with E-state index in [0.717, 1.165) is 0 Å². The minimum absolute atomic E-state index is 0.275. The summed E-state index contributed by atoms with van der Waals surface area (Å²) in [5.41, 5.74) is 5.12. The van der Waals surface area contributed by atoms with Crippen molar-refractivity contribution in [2.75, 3.05) is 7.11 Å². The van der Waals surface area contributed by atoms with Crippen LogP contribution in [0.1, 0.15) is 12.8 Å². The van der Waals surface area contributed by atoms with Gasteiger partial charge in [0.2, 0.25) is 0 Å². The van der Waals surface area contributed by atoms with Gasteiger partial charge in [-0.05, 0) is 0 Å². The van der Waals surface area contributed by atoms with Gasteiger partial charge >= 0.3 is 5.97 Å². The molecule has 0 unspecified atom stereocenters. The molecule has 0 amide bonds. The van der Waals surface area contributed by atoms with E-state index in [1.807, 2.05) is 0 Å². The Labute approximate surface area is 59.2 Å². The summed E-state index contributed by atoms with van der Waals surface area (Å²) in [6.07, 6.45) is 0.716. The van der Waals surface area contributed by atoms with E-state index in [1.54, 1.807) is 0 Å². The molecule has 0 heterocycles. The second-order valence-corrected chi connectivity index (χ2v) is 2.07. The lowest BCUT2D eigenvalue weighted by Gasteiger charge is -1.95. The summed E-state index contributed by atoms with van der Waals surface area (Å²) in [6, 6.07) is 0. The minimum atomic E-state index is -0.275. The third kappa shape index (κ3) is 5.23. The standard InChI is InChI=1S/C5H9NO2S/c1-8-5(7)3-2-4(6)9/h2-3H2,1H3,(H2,6,9). The smallest absolute Gasteiger partial charge is 0.305 e. The van der Waals surface area contributed by atoms with Crippen molar-refractivity contribution >= 4 is 23.2 Å². The van der Waals surface area contributed by atoms with Gasteiger partial charge in [0.25, 0.3) is 0 Å². The molecule has 0 aliphatic heterocycles. The van der Waals surface area contributed by atoms with Crippen LogP contribution >= 0.6 is 12.2 Å². The molecule has 9 heavy (non-hydrogen) atoms. The molecule has 0 aliphatic rings. The first-order valence-electron chi connectivity index (χ1n) is 2.52. The number of esters is 1. The summed E-state index contributed by atoms with van der Waals surface area (Å²) in [5.74, 6) is -0.275. The van der Waals surface area contributed by atoms with E-state index in [0.29, 0.717) is 11.4 Å². The third-order valence-corrected chi connectivity index (χ3v) is 1.01. The minimum Gasteiger partial charge on any atom is -0.469 e. The van der Waals surface area contributed by atoms with Crippen LogP contribution in [0.3, 0.4) is 0 Å². The lowest BCUT2D eigenvalue weighted by atomic mass is 10.3. The third-order valence-electron chi connectivity index (χ3n) is 0.803. The van der Waals surface area contributed by atoms with Gasteiger partial charge in [-0.15, -0.1) is 0 Å². The molecule has 0 saturated carbocycles. The molecule has 3 nitrogen and oxygen atoms in total. The topological polar surface area (TPSA) is 52.3 Å². The SMILES string of the molecule is COC(=O)CCC(N)=S. The van der Waals surface area contributed by atoms with Crippen LogP contribution in [0.25, 0.3) is 0 Å². The van der Waals surface area contributed by atoms with Crippen molar-refractivity contribution in [1.82, 2.24) is 0 Å². The second-order valence-electron chi connectivity index (χ2n) is 1.54. The van der Waals surface area contributed by atoms with Gasteiger partial charge in [0.15, 0.2) is 0 Å². The van der Waals surface area contributed by atoms with Crippen LogP contribution in [-0.2, 0) is 9.53 Å². The zero-order valence-electron chi connectivity index (χ0n) is 5.22. The lowest BCUT2D eigenvalue weighted by Crippen LogP contribution is -2.10. The van der Waals surface area contributed by atoms with Crippen LogP contribution in [-0.4, -0.2) is 18.1 Å². The number of ether oxygens (including phenoxy) is 1. The molecular weight excluding hydrogens is 138 g/mol. The molecule has 0 bridgehead atoms. The van der Waals surface area contributed by atoms with Crippen molar-refractivity contribution in [3.05, 3.63) is 0 Å². The maximum absolute atomic E-state index is 10.4. The second kappa shape index (κ2) is 4.26. The largest absolute Gasteiger partial charge is 0.469 e. The maximum Gasteiger partial charge on any atom is 0.305 e. The molecule has 0 rings (SSSR count). The molecule has 0 aromatic carbocycles. The van der Waals surface area contributed by atoms with Gasteiger partial charge in [-0.3, -0.25) is 4.79 Å². The van der Waals surface area contributed by atoms with E-state index >= 15 is 0 Å². The van der Waals surface area contributed by atoms with Gasteiger partial charge < -0.3 is 10.5 Å². The van der Waals surface area contributed by atoms with Crippen LogP contribution < -0.4 is 5.73 Å². The van der Waals surface area contributed by atoms with Gasteiger partial charge in [-0.25, -0.2) is 0 Å². The van der Waals surface area contributed by atoms with Crippen LogP contribution in [0.2, 0.25) is 0 Å². The van der Waals surface area contributed by atoms with E-state index in [1.165, 1.54) is 7.11 Å². The highest BCUT2D eigenvalue weighted by molar-refractivity contribution is 7.80. The number of hydrogen-bond donors (Lipinski definition) is 1. The first kappa shape index (κ1) is 8.36. The molecule has 0 aliphatic carbocycles. The Morgan fingerprint density at radius 2 is 2.22 bits per heavy atom. The molecule has 2 N–H and O–H groups in total. The summed E-state index contributed by atoms with van der Waals surface area (Å²) in [4.78, 5) is 10.7. The van der Waals surface area contributed by atoms with Crippen LogP contribution in [0.5, 0.6) is 0 Å². The van der Waals surface area contributed by atoms with Gasteiger partial charge in [-0.2, -0.15) is 0 Å². The Balaban J connectivity index is 3.28. The molecule has 0 spiro atoms. The van der Waals surface area contributed by atoms with E-state index in [2.05, 4.69) is 17.0 Å². The fourth-order valence-electron chi connectivity index (χ4n) is 0.327. The van der Waals surface area contributed by atoms with Crippen LogP contribution in [0.4, 0.5) is 0 Å². The molecule has 0 radical (unpaired) electrons. The quantitative estimate of drug-likeness (QED) is 0.458. The number of methoxy groups -OCH3 is 1. The number of carbonyl (C=O) groups excluding carboxylic acids is 1. The van der Waals surface area contributed by atoms with Crippen LogP contribution in [0.15, 0.2) is 0 Å². The van der Waals surface area contributed by atoms with Crippen molar-refractivity contribution in [3.63, 3.8) is 0 Å². The first-order chi connectivity index (χ1) is 4.16. The van der Waals surface area contributed by atoms with Crippen LogP contribution in [0, 0.1) is 0 Å². The van der Waals surface area contributed by atoms with Gasteiger partial charge in [0, 0.05) is 6.42 Å². The maximum atomic E-state index is 10.4. The van der Waals surface area contributed by atoms with Gasteiger partial charge in [-0.1, -0.05) is 12.2 Å². The molecular formula is C5H9NO2S. The fraction of sp³-hybridized carbons (Fsp3) is 0.600. The van der Waals surface area contributed by atoms with E-state index in [4.69, 9.17) is 5.73 Å². The van der Waals surface area contributed by atoms with E-state index in [9.17, 15) is 4.79 Å². The van der Waals surface area contributed by atoms with E-state index in [-0.39, 0.29) is 12.4 Å². The number of hydrogen-bond acceptors (Lipinski definition) is 3. The number of rotatable bonds is 3. The molecule has 0 aromatic rings. The van der Waals surface area contributed by atoms with Crippen molar-refractivity contribution in [2.45, 2.75) is 12.8 Å². The number of nitrogens with two attached hydrogens (primary N) is 1. The first-order valence-corrected chi connectivity index (χ1v) is 2.92. The van der Waals surface area contributed by atoms with Crippen molar-refractivity contribution in [2.24, 2.45) is 5.73 Å². The summed E-state index contributed by atoms with van der Waals surface area (Å²) in [6.45, 7) is 0. The lowest BCUT2D eigenvalue weighted by molar-refractivity contribution is -0.140. The Bertz CT molecular complexity index is 124. The fourth-order valence-corrected chi connectivity index (χ4v) is 0.429. The van der Waals surface area contributed by atoms with E-state index < -0.39 is 0 Å². The molecule has 0 saturated heterocycles. The van der Waals surface area contributed by atoms with Crippen molar-refractivity contribution < 1.29 is 9.53 Å². The summed E-state index contributed by atoms with van der Waals surface area (Å²) in [7, 11) is 1.34. The highest BCUT2D eigenvalue weighted by Gasteiger charge is 1.99. The molecule has 0 atom stereocenters. The zero-order chi connectivity index (χ0) is 7.28. The predicted molar refractivity (Wildman–Crippen MR) is 38.0 cm³/mol. The average molecular weight is 147 g/mol. The highest BCUT2D eigenvalue weighted by Crippen LogP contribution is 1.90. The highest BCUT2D eigenvalue weighted by atomic mass is 32.1. The molecule has 4 heteroatoms. The predicted octanol–water partition coefficient (Wildman–Crippen LogP) is 0.226. The zero-order valence-corrected chi connectivity index (χ0v) is 6.03. The normalized spacial score (nSPS) is 8.56. The van der Waals surface area contributed by atoms with Gasteiger partial charge in [0.05, 0.1) is 18.5 Å². The Morgan fingerprint density at radius 3 is 2.56 bits per heavy atom. The number of carbonyl (C=O) groups is 1. The van der Waals surface area contributed by atoms with Gasteiger partial charge in [0.1, 0.15) is 0 Å². The summed E-state index contributed by atoms with van der Waals surface area (Å²) < 4.78 is 4.35. The van der Waals surface area contributed by atoms with Crippen molar-refractivity contribution in [3.8, 4) is 0 Å². The Morgan fingerprint density at radius 1 is 1.67 bits per heavy atom. The average Bonchev–Trinajstić information content (AvgIpc) is 1.83. The summed E-state index contributed by atoms with van der Waals surface area (Å²) >= 11 is 4.53. The Hall–Kier alpha value is -0.640. The molecule has 52 valence electrons.